The Kier molecular flexibility index (Phi) is 5.77. The van der Waals surface area contributed by atoms with Crippen LogP contribution in [-0.4, -0.2) is 48.1 Å². The maximum Gasteiger partial charge on any atom is 0.322 e. The third-order valence-corrected chi connectivity index (χ3v) is 2.14. The summed E-state index contributed by atoms with van der Waals surface area (Å²) in [7, 11) is 3.15. The molecular formula is C11H20N6O2. The van der Waals surface area contributed by atoms with Crippen LogP contribution in [0.3, 0.4) is 0 Å². The molecule has 0 fully saturated rings. The molecule has 0 aromatic carbocycles. The smallest absolute Gasteiger partial charge is 0.322 e. The summed E-state index contributed by atoms with van der Waals surface area (Å²) in [6, 6.07) is 0.185. The van der Waals surface area contributed by atoms with Gasteiger partial charge in [-0.05, 0) is 5.92 Å². The van der Waals surface area contributed by atoms with Crippen molar-refractivity contribution in [2.75, 3.05) is 37.9 Å². The molecule has 106 valence electrons. The van der Waals surface area contributed by atoms with E-state index in [1.54, 1.807) is 7.05 Å². The second-order valence-corrected chi connectivity index (χ2v) is 4.27. The van der Waals surface area contributed by atoms with Crippen molar-refractivity contribution < 1.29 is 9.53 Å². The summed E-state index contributed by atoms with van der Waals surface area (Å²) >= 11 is 0. The van der Waals surface area contributed by atoms with Gasteiger partial charge in [0.05, 0.1) is 13.7 Å². The van der Waals surface area contributed by atoms with E-state index in [4.69, 9.17) is 4.74 Å². The zero-order valence-corrected chi connectivity index (χ0v) is 11.6. The van der Waals surface area contributed by atoms with Gasteiger partial charge in [-0.1, -0.05) is 13.8 Å². The molecule has 0 aliphatic rings. The van der Waals surface area contributed by atoms with E-state index in [2.05, 4.69) is 30.9 Å². The molecule has 1 aromatic rings. The van der Waals surface area contributed by atoms with Crippen LogP contribution in [-0.2, 0) is 4.79 Å². The summed E-state index contributed by atoms with van der Waals surface area (Å²) in [5, 5.41) is 8.40. The SMILES string of the molecule is CNc1nc(NCC(=O)NCC(C)C)nc(OC)n1. The van der Waals surface area contributed by atoms with Crippen LogP contribution in [0.2, 0.25) is 0 Å². The summed E-state index contributed by atoms with van der Waals surface area (Å²) < 4.78 is 4.94. The number of carbonyl (C=O) groups excluding carboxylic acids is 1. The molecule has 0 saturated carbocycles. The lowest BCUT2D eigenvalue weighted by molar-refractivity contribution is -0.119. The number of amides is 1. The highest BCUT2D eigenvalue weighted by Crippen LogP contribution is 2.09. The Morgan fingerprint density at radius 2 is 1.95 bits per heavy atom. The molecule has 1 amide bonds. The van der Waals surface area contributed by atoms with Crippen molar-refractivity contribution in [1.29, 1.82) is 0 Å². The summed E-state index contributed by atoms with van der Waals surface area (Å²) in [5.41, 5.74) is 0. The molecular weight excluding hydrogens is 248 g/mol. The Bertz CT molecular complexity index is 401. The van der Waals surface area contributed by atoms with Gasteiger partial charge in [0.1, 0.15) is 0 Å². The van der Waals surface area contributed by atoms with Gasteiger partial charge in [-0.15, -0.1) is 0 Å². The van der Waals surface area contributed by atoms with Crippen LogP contribution >= 0.6 is 0 Å². The van der Waals surface area contributed by atoms with Crippen LogP contribution in [0.1, 0.15) is 13.8 Å². The zero-order chi connectivity index (χ0) is 14.3. The quantitative estimate of drug-likeness (QED) is 0.645. The highest BCUT2D eigenvalue weighted by Gasteiger charge is 2.07. The molecule has 19 heavy (non-hydrogen) atoms. The maximum atomic E-state index is 11.5. The number of aromatic nitrogens is 3. The predicted octanol–water partition coefficient (Wildman–Crippen LogP) is 0.106. The summed E-state index contributed by atoms with van der Waals surface area (Å²) in [6.45, 7) is 4.80. The molecule has 0 bridgehead atoms. The van der Waals surface area contributed by atoms with Crippen molar-refractivity contribution in [1.82, 2.24) is 20.3 Å². The molecule has 0 aliphatic carbocycles. The number of hydrogen-bond acceptors (Lipinski definition) is 7. The third-order valence-electron chi connectivity index (χ3n) is 2.14. The normalized spacial score (nSPS) is 10.2. The number of nitrogens with zero attached hydrogens (tertiary/aromatic N) is 3. The molecule has 1 rings (SSSR count). The Balaban J connectivity index is 2.54. The minimum Gasteiger partial charge on any atom is -0.467 e. The lowest BCUT2D eigenvalue weighted by Crippen LogP contribution is -2.32. The first-order chi connectivity index (χ1) is 9.05. The number of methoxy groups -OCH3 is 1. The summed E-state index contributed by atoms with van der Waals surface area (Å²) in [4.78, 5) is 23.6. The lowest BCUT2D eigenvalue weighted by atomic mass is 10.2. The van der Waals surface area contributed by atoms with Crippen molar-refractivity contribution in [2.24, 2.45) is 5.92 Å². The van der Waals surface area contributed by atoms with E-state index in [-0.39, 0.29) is 24.4 Å². The van der Waals surface area contributed by atoms with Crippen LogP contribution < -0.4 is 20.7 Å². The van der Waals surface area contributed by atoms with Crippen LogP contribution in [0, 0.1) is 5.92 Å². The van der Waals surface area contributed by atoms with Crippen molar-refractivity contribution in [3.63, 3.8) is 0 Å². The maximum absolute atomic E-state index is 11.5. The fourth-order valence-electron chi connectivity index (χ4n) is 1.18. The Morgan fingerprint density at radius 3 is 2.53 bits per heavy atom. The fourth-order valence-corrected chi connectivity index (χ4v) is 1.18. The fraction of sp³-hybridized carbons (Fsp3) is 0.636. The molecule has 0 saturated heterocycles. The van der Waals surface area contributed by atoms with Crippen molar-refractivity contribution >= 4 is 17.8 Å². The third kappa shape index (κ3) is 5.36. The average Bonchev–Trinajstić information content (AvgIpc) is 2.42. The van der Waals surface area contributed by atoms with Crippen LogP contribution in [0.5, 0.6) is 6.01 Å². The van der Waals surface area contributed by atoms with Gasteiger partial charge in [0.25, 0.3) is 0 Å². The summed E-state index contributed by atoms with van der Waals surface area (Å²) in [6.07, 6.45) is 0. The largest absolute Gasteiger partial charge is 0.467 e. The van der Waals surface area contributed by atoms with Gasteiger partial charge in [0.2, 0.25) is 17.8 Å². The van der Waals surface area contributed by atoms with Crippen LogP contribution in [0.25, 0.3) is 0 Å². The van der Waals surface area contributed by atoms with Gasteiger partial charge in [-0.3, -0.25) is 4.79 Å². The van der Waals surface area contributed by atoms with E-state index in [9.17, 15) is 4.79 Å². The first-order valence-corrected chi connectivity index (χ1v) is 6.03. The van der Waals surface area contributed by atoms with E-state index in [1.807, 2.05) is 13.8 Å². The molecule has 0 radical (unpaired) electrons. The molecule has 1 aromatic heterocycles. The molecule has 0 atom stereocenters. The molecule has 0 aliphatic heterocycles. The molecule has 0 unspecified atom stereocenters. The molecule has 0 spiro atoms. The van der Waals surface area contributed by atoms with Gasteiger partial charge >= 0.3 is 6.01 Å². The number of nitrogens with one attached hydrogen (secondary N) is 3. The zero-order valence-electron chi connectivity index (χ0n) is 11.6. The van der Waals surface area contributed by atoms with Gasteiger partial charge in [0.15, 0.2) is 0 Å². The van der Waals surface area contributed by atoms with Gasteiger partial charge in [0, 0.05) is 13.6 Å². The standard InChI is InChI=1S/C11H20N6O2/c1-7(2)5-13-8(18)6-14-10-15-9(12-3)16-11(17-10)19-4/h7H,5-6H2,1-4H3,(H,13,18)(H2,12,14,15,16,17). The molecule has 3 N–H and O–H groups in total. The topological polar surface area (TPSA) is 101 Å². The number of anilines is 2. The number of rotatable bonds is 7. The second-order valence-electron chi connectivity index (χ2n) is 4.27. The van der Waals surface area contributed by atoms with E-state index in [0.717, 1.165) is 0 Å². The van der Waals surface area contributed by atoms with Gasteiger partial charge in [-0.25, -0.2) is 0 Å². The number of ether oxygens (including phenoxy) is 1. The Labute approximate surface area is 112 Å². The number of carbonyl (C=O) groups is 1. The molecule has 8 heteroatoms. The van der Waals surface area contributed by atoms with Gasteiger partial charge < -0.3 is 20.7 Å². The van der Waals surface area contributed by atoms with E-state index in [0.29, 0.717) is 18.4 Å². The van der Waals surface area contributed by atoms with E-state index in [1.165, 1.54) is 7.11 Å². The van der Waals surface area contributed by atoms with Crippen molar-refractivity contribution in [2.45, 2.75) is 13.8 Å². The Hall–Kier alpha value is -2.12. The first-order valence-electron chi connectivity index (χ1n) is 6.03. The summed E-state index contributed by atoms with van der Waals surface area (Å²) in [5.74, 6) is 0.962. The highest BCUT2D eigenvalue weighted by molar-refractivity contribution is 5.80. The number of hydrogen-bond donors (Lipinski definition) is 3. The lowest BCUT2D eigenvalue weighted by Gasteiger charge is -2.09. The first kappa shape index (κ1) is 14.9. The van der Waals surface area contributed by atoms with Crippen LogP contribution in [0.15, 0.2) is 0 Å². The molecule has 1 heterocycles. The van der Waals surface area contributed by atoms with Crippen LogP contribution in [0.4, 0.5) is 11.9 Å². The monoisotopic (exact) mass is 268 g/mol. The van der Waals surface area contributed by atoms with Crippen molar-refractivity contribution in [3.05, 3.63) is 0 Å². The van der Waals surface area contributed by atoms with E-state index < -0.39 is 0 Å². The average molecular weight is 268 g/mol. The highest BCUT2D eigenvalue weighted by atomic mass is 16.5. The molecule has 8 nitrogen and oxygen atoms in total. The Morgan fingerprint density at radius 1 is 1.26 bits per heavy atom. The second kappa shape index (κ2) is 7.34. The van der Waals surface area contributed by atoms with Crippen molar-refractivity contribution in [3.8, 4) is 6.01 Å². The minimum absolute atomic E-state index is 0.100. The predicted molar refractivity (Wildman–Crippen MR) is 72.3 cm³/mol. The minimum atomic E-state index is -0.112. The van der Waals surface area contributed by atoms with E-state index >= 15 is 0 Å². The van der Waals surface area contributed by atoms with Gasteiger partial charge in [-0.2, -0.15) is 15.0 Å².